The molecule has 0 spiro atoms. The monoisotopic (exact) mass is 416 g/mol. The second-order valence-corrected chi connectivity index (χ2v) is 7.17. The van der Waals surface area contributed by atoms with Crippen LogP contribution in [0.5, 0.6) is 5.75 Å². The third kappa shape index (κ3) is 5.68. The van der Waals surface area contributed by atoms with E-state index in [1.165, 1.54) is 67.5 Å². The molecule has 3 rings (SSSR count). The number of carbonyl (C=O) groups is 1. The van der Waals surface area contributed by atoms with E-state index in [0.717, 1.165) is 4.90 Å². The van der Waals surface area contributed by atoms with Crippen LogP contribution in [0.3, 0.4) is 0 Å². The Bertz CT molecular complexity index is 1050. The Morgan fingerprint density at radius 3 is 2.31 bits per heavy atom. The molecule has 8 heteroatoms. The molecule has 1 heterocycles. The van der Waals surface area contributed by atoms with Gasteiger partial charge in [-0.1, -0.05) is 0 Å². The van der Waals surface area contributed by atoms with E-state index in [1.54, 1.807) is 16.7 Å². The minimum absolute atomic E-state index is 0.0622. The number of pyridine rings is 1. The van der Waals surface area contributed by atoms with E-state index < -0.39 is 5.82 Å². The van der Waals surface area contributed by atoms with Gasteiger partial charge >= 0.3 is 0 Å². The summed E-state index contributed by atoms with van der Waals surface area (Å²) in [6.45, 7) is -0.0622. The fourth-order valence-electron chi connectivity index (χ4n) is 2.60. The molecule has 0 aliphatic rings. The molecule has 5 nitrogen and oxygen atoms in total. The highest BCUT2D eigenvalue weighted by Gasteiger charge is 2.12. The minimum atomic E-state index is -0.395. The van der Waals surface area contributed by atoms with Crippen LogP contribution < -0.4 is 15.5 Å². The smallest absolute Gasteiger partial charge is 0.244 e. The van der Waals surface area contributed by atoms with Crippen LogP contribution in [-0.2, 0) is 17.1 Å². The Labute approximate surface area is 170 Å². The fraction of sp³-hybridized carbons (Fsp3) is 0.143. The second-order valence-electron chi connectivity index (χ2n) is 6.12. The van der Waals surface area contributed by atoms with Gasteiger partial charge in [-0.3, -0.25) is 9.59 Å². The first kappa shape index (κ1) is 20.6. The number of benzene rings is 2. The van der Waals surface area contributed by atoms with E-state index in [2.05, 4.69) is 5.32 Å². The van der Waals surface area contributed by atoms with E-state index in [4.69, 9.17) is 4.74 Å². The van der Waals surface area contributed by atoms with Crippen LogP contribution in [0, 0.1) is 11.6 Å². The molecule has 1 aromatic heterocycles. The Balaban J connectivity index is 1.77. The lowest BCUT2D eigenvalue weighted by atomic mass is 10.3. The average molecular weight is 416 g/mol. The van der Waals surface area contributed by atoms with E-state index in [0.29, 0.717) is 17.1 Å². The maximum atomic E-state index is 13.1. The van der Waals surface area contributed by atoms with Crippen LogP contribution in [0.2, 0.25) is 0 Å². The largest absolute Gasteiger partial charge is 0.491 e. The first-order valence-corrected chi connectivity index (χ1v) is 9.64. The summed E-state index contributed by atoms with van der Waals surface area (Å²) in [5, 5.41) is 2.68. The number of nitrogens with one attached hydrogen (secondary N) is 1. The highest BCUT2D eigenvalue weighted by Crippen LogP contribution is 2.23. The predicted octanol–water partition coefficient (Wildman–Crippen LogP) is 4.07. The maximum absolute atomic E-state index is 13.1. The zero-order chi connectivity index (χ0) is 20.8. The van der Waals surface area contributed by atoms with E-state index in [9.17, 15) is 18.4 Å². The molecule has 29 heavy (non-hydrogen) atoms. The molecule has 0 atom stereocenters. The number of amides is 1. The van der Waals surface area contributed by atoms with Gasteiger partial charge < -0.3 is 14.6 Å². The number of hydrogen-bond donors (Lipinski definition) is 1. The summed E-state index contributed by atoms with van der Waals surface area (Å²) in [6.07, 6.45) is 1.48. The van der Waals surface area contributed by atoms with Crippen molar-refractivity contribution >= 4 is 23.4 Å². The average Bonchev–Trinajstić information content (AvgIpc) is 2.70. The minimum Gasteiger partial charge on any atom is -0.491 e. The van der Waals surface area contributed by atoms with E-state index >= 15 is 0 Å². The zero-order valence-electron chi connectivity index (χ0n) is 15.5. The molecule has 0 unspecified atom stereocenters. The predicted molar refractivity (Wildman–Crippen MR) is 108 cm³/mol. The Kier molecular flexibility index (Phi) is 6.66. The number of nitrogens with zero attached hydrogens (tertiary/aromatic N) is 1. The molecule has 150 valence electrons. The van der Waals surface area contributed by atoms with Crippen molar-refractivity contribution in [1.82, 2.24) is 4.57 Å². The molecular formula is C21H18F2N2O3S. The van der Waals surface area contributed by atoms with Gasteiger partial charge in [-0.05, 0) is 48.5 Å². The summed E-state index contributed by atoms with van der Waals surface area (Å²) in [4.78, 5) is 25.4. The zero-order valence-corrected chi connectivity index (χ0v) is 16.3. The highest BCUT2D eigenvalue weighted by atomic mass is 32.2. The van der Waals surface area contributed by atoms with Crippen LogP contribution in [0.15, 0.2) is 70.5 Å². The van der Waals surface area contributed by atoms with Gasteiger partial charge in [0.15, 0.2) is 5.75 Å². The van der Waals surface area contributed by atoms with Gasteiger partial charge in [-0.2, -0.15) is 0 Å². The number of halogens is 2. The van der Waals surface area contributed by atoms with Crippen molar-refractivity contribution in [2.24, 2.45) is 0 Å². The third-order valence-electron chi connectivity index (χ3n) is 4.04. The van der Waals surface area contributed by atoms with Gasteiger partial charge in [-0.15, -0.1) is 11.8 Å². The summed E-state index contributed by atoms with van der Waals surface area (Å²) in [7, 11) is 1.38. The third-order valence-corrected chi connectivity index (χ3v) is 5.09. The SMILES string of the molecule is COc1cn(CC(=O)Nc2ccc(F)cc2)c(CSc2ccc(F)cc2)cc1=O. The molecule has 0 fully saturated rings. The van der Waals surface area contributed by atoms with Crippen molar-refractivity contribution in [3.8, 4) is 5.75 Å². The lowest BCUT2D eigenvalue weighted by Gasteiger charge is -2.15. The lowest BCUT2D eigenvalue weighted by molar-refractivity contribution is -0.116. The van der Waals surface area contributed by atoms with Crippen LogP contribution in [-0.4, -0.2) is 17.6 Å². The van der Waals surface area contributed by atoms with Gasteiger partial charge in [-0.25, -0.2) is 8.78 Å². The summed E-state index contributed by atoms with van der Waals surface area (Å²) in [6, 6.07) is 12.9. The first-order chi connectivity index (χ1) is 13.9. The fourth-order valence-corrected chi connectivity index (χ4v) is 3.49. The van der Waals surface area contributed by atoms with Crippen LogP contribution in [0.4, 0.5) is 14.5 Å². The topological polar surface area (TPSA) is 60.3 Å². The molecule has 0 saturated carbocycles. The van der Waals surface area contributed by atoms with Crippen LogP contribution in [0.25, 0.3) is 0 Å². The van der Waals surface area contributed by atoms with Gasteiger partial charge in [0.1, 0.15) is 18.2 Å². The second kappa shape index (κ2) is 9.38. The van der Waals surface area contributed by atoms with Crippen molar-refractivity contribution in [3.05, 3.63) is 88.3 Å². The normalized spacial score (nSPS) is 10.6. The number of anilines is 1. The van der Waals surface area contributed by atoms with Gasteiger partial charge in [0, 0.05) is 28.1 Å². The Morgan fingerprint density at radius 1 is 1.07 bits per heavy atom. The van der Waals surface area contributed by atoms with Crippen LogP contribution >= 0.6 is 11.8 Å². The molecule has 0 bridgehead atoms. The van der Waals surface area contributed by atoms with Crippen molar-refractivity contribution in [2.75, 3.05) is 12.4 Å². The first-order valence-electron chi connectivity index (χ1n) is 8.66. The number of carbonyl (C=O) groups excluding carboxylic acids is 1. The van der Waals surface area contributed by atoms with Crippen molar-refractivity contribution < 1.29 is 18.3 Å². The van der Waals surface area contributed by atoms with Gasteiger partial charge in [0.25, 0.3) is 0 Å². The molecule has 1 N–H and O–H groups in total. The molecule has 3 aromatic rings. The Morgan fingerprint density at radius 2 is 1.69 bits per heavy atom. The number of rotatable bonds is 7. The van der Waals surface area contributed by atoms with E-state index in [1.807, 2.05) is 0 Å². The number of aromatic nitrogens is 1. The molecule has 0 aliphatic carbocycles. The summed E-state index contributed by atoms with van der Waals surface area (Å²) < 4.78 is 32.8. The van der Waals surface area contributed by atoms with Crippen molar-refractivity contribution in [3.63, 3.8) is 0 Å². The molecular weight excluding hydrogens is 398 g/mol. The lowest BCUT2D eigenvalue weighted by Crippen LogP contribution is -2.22. The summed E-state index contributed by atoms with van der Waals surface area (Å²) >= 11 is 1.41. The molecule has 0 aliphatic heterocycles. The van der Waals surface area contributed by atoms with Crippen molar-refractivity contribution in [2.45, 2.75) is 17.2 Å². The number of thioether (sulfide) groups is 1. The summed E-state index contributed by atoms with van der Waals surface area (Å²) in [5.74, 6) is -0.541. The van der Waals surface area contributed by atoms with E-state index in [-0.39, 0.29) is 29.4 Å². The number of methoxy groups -OCH3 is 1. The molecule has 1 amide bonds. The molecule has 2 aromatic carbocycles. The quantitative estimate of drug-likeness (QED) is 0.590. The number of ether oxygens (including phenoxy) is 1. The Hall–Kier alpha value is -3.13. The van der Waals surface area contributed by atoms with Gasteiger partial charge in [0.2, 0.25) is 11.3 Å². The maximum Gasteiger partial charge on any atom is 0.244 e. The number of hydrogen-bond acceptors (Lipinski definition) is 4. The standard InChI is InChI=1S/C21H18F2N2O3S/c1-28-20-11-25(12-21(27)24-16-6-2-14(22)3-7-16)17(10-19(20)26)13-29-18-8-4-15(23)5-9-18/h2-11H,12-13H2,1H3,(H,24,27). The van der Waals surface area contributed by atoms with Gasteiger partial charge in [0.05, 0.1) is 13.3 Å². The molecule has 0 radical (unpaired) electrons. The van der Waals surface area contributed by atoms with Crippen LogP contribution in [0.1, 0.15) is 5.69 Å². The molecule has 0 saturated heterocycles. The highest BCUT2D eigenvalue weighted by molar-refractivity contribution is 7.98. The van der Waals surface area contributed by atoms with Crippen molar-refractivity contribution in [1.29, 1.82) is 0 Å². The summed E-state index contributed by atoms with van der Waals surface area (Å²) in [5.41, 5.74) is 0.781.